The van der Waals surface area contributed by atoms with Gasteiger partial charge < -0.3 is 25.6 Å². The number of aliphatic hydroxyl groups is 1. The number of rotatable bonds is 13. The first-order chi connectivity index (χ1) is 19.4. The van der Waals surface area contributed by atoms with Gasteiger partial charge in [-0.15, -0.1) is 0 Å². The fraction of sp³-hybridized carbons (Fsp3) is 0.310. The number of amides is 2. The van der Waals surface area contributed by atoms with Crippen LogP contribution in [0.1, 0.15) is 47.9 Å². The number of aromatic hydroxyl groups is 1. The van der Waals surface area contributed by atoms with Crippen molar-refractivity contribution in [2.45, 2.75) is 31.9 Å². The highest BCUT2D eigenvalue weighted by Crippen LogP contribution is 2.30. The van der Waals surface area contributed by atoms with E-state index < -0.39 is 27.6 Å². The highest BCUT2D eigenvalue weighted by molar-refractivity contribution is 7.92. The molecule has 0 radical (unpaired) electrons. The lowest BCUT2D eigenvalue weighted by Gasteiger charge is -2.31. The van der Waals surface area contributed by atoms with Gasteiger partial charge in [0.2, 0.25) is 15.9 Å². The summed E-state index contributed by atoms with van der Waals surface area (Å²) in [7, 11) is -2.13. The van der Waals surface area contributed by atoms with Gasteiger partial charge in [0.15, 0.2) is 0 Å². The van der Waals surface area contributed by atoms with Crippen LogP contribution in [-0.4, -0.2) is 56.9 Å². The number of hydrogen-bond donors (Lipinski definition) is 6. The predicted octanol–water partition coefficient (Wildman–Crippen LogP) is 3.09. The summed E-state index contributed by atoms with van der Waals surface area (Å²) in [5.74, 6) is -0.324. The van der Waals surface area contributed by atoms with Crippen LogP contribution in [0, 0.1) is 0 Å². The molecule has 0 aliphatic carbocycles. The molecule has 0 unspecified atom stereocenters. The number of nitrogens with one attached hydrogen (secondary N) is 4. The number of sulfonamides is 1. The van der Waals surface area contributed by atoms with E-state index in [0.29, 0.717) is 34.7 Å². The maximum absolute atomic E-state index is 13.7. The lowest BCUT2D eigenvalue weighted by Crippen LogP contribution is -2.50. The fourth-order valence-electron chi connectivity index (χ4n) is 4.00. The number of ether oxygens (including phenoxy) is 1. The molecule has 0 heterocycles. The van der Waals surface area contributed by atoms with Gasteiger partial charge in [0, 0.05) is 24.3 Å². The Hall–Kier alpha value is -4.13. The van der Waals surface area contributed by atoms with Gasteiger partial charge >= 0.3 is 0 Å². The van der Waals surface area contributed by atoms with Gasteiger partial charge in [-0.1, -0.05) is 25.1 Å². The molecule has 0 bridgehead atoms. The number of phenols is 1. The van der Waals surface area contributed by atoms with Crippen LogP contribution in [0.3, 0.4) is 0 Å². The van der Waals surface area contributed by atoms with E-state index in [1.807, 2.05) is 6.92 Å². The molecule has 220 valence electrons. The first-order valence-electron chi connectivity index (χ1n) is 12.9. The minimum absolute atomic E-state index is 0.0773. The Morgan fingerprint density at radius 3 is 2.27 bits per heavy atom. The maximum Gasteiger partial charge on any atom is 0.251 e. The van der Waals surface area contributed by atoms with Crippen molar-refractivity contribution in [3.8, 4) is 11.5 Å². The summed E-state index contributed by atoms with van der Waals surface area (Å²) in [6.45, 7) is 4.09. The van der Waals surface area contributed by atoms with Gasteiger partial charge in [-0.3, -0.25) is 19.6 Å². The summed E-state index contributed by atoms with van der Waals surface area (Å²) in [4.78, 5) is 25.9. The summed E-state index contributed by atoms with van der Waals surface area (Å²) >= 11 is 0. The van der Waals surface area contributed by atoms with Crippen molar-refractivity contribution in [2.24, 2.45) is 0 Å². The smallest absolute Gasteiger partial charge is 0.251 e. The molecule has 2 amide bonds. The zero-order valence-electron chi connectivity index (χ0n) is 23.4. The summed E-state index contributed by atoms with van der Waals surface area (Å²) in [5, 5.41) is 29.8. The monoisotopic (exact) mass is 584 g/mol. The van der Waals surface area contributed by atoms with E-state index in [4.69, 9.17) is 4.74 Å². The van der Waals surface area contributed by atoms with Crippen molar-refractivity contribution in [1.29, 1.82) is 0 Å². The lowest BCUT2D eigenvalue weighted by atomic mass is 9.90. The summed E-state index contributed by atoms with van der Waals surface area (Å²) in [5.41, 5.74) is 0.425. The van der Waals surface area contributed by atoms with Crippen molar-refractivity contribution in [3.05, 3.63) is 83.4 Å². The van der Waals surface area contributed by atoms with Crippen LogP contribution < -0.4 is 25.4 Å². The molecular formula is C29H36N4O7S. The molecule has 0 saturated carbocycles. The Bertz CT molecular complexity index is 1460. The molecule has 0 aromatic heterocycles. The molecule has 0 aliphatic heterocycles. The third-order valence-electron chi connectivity index (χ3n) is 6.41. The highest BCUT2D eigenvalue weighted by atomic mass is 32.2. The molecule has 12 heteroatoms. The second kappa shape index (κ2) is 13.5. The van der Waals surface area contributed by atoms with Gasteiger partial charge in [-0.2, -0.15) is 0 Å². The van der Waals surface area contributed by atoms with Crippen LogP contribution in [0.4, 0.5) is 11.4 Å². The quantitative estimate of drug-likeness (QED) is 0.167. The molecule has 0 saturated heterocycles. The third kappa shape index (κ3) is 8.43. The lowest BCUT2D eigenvalue weighted by molar-refractivity contribution is -0.122. The van der Waals surface area contributed by atoms with E-state index >= 15 is 0 Å². The molecule has 0 spiro atoms. The number of aliphatic hydroxyl groups excluding tert-OH is 1. The molecule has 3 rings (SSSR count). The summed E-state index contributed by atoms with van der Waals surface area (Å²) in [6, 6.07) is 17.4. The molecule has 11 nitrogen and oxygen atoms in total. The maximum atomic E-state index is 13.7. The molecular weight excluding hydrogens is 548 g/mol. The van der Waals surface area contributed by atoms with Crippen molar-refractivity contribution in [1.82, 2.24) is 10.6 Å². The van der Waals surface area contributed by atoms with Crippen LogP contribution in [0.25, 0.3) is 0 Å². The number of benzene rings is 3. The second-order valence-electron chi connectivity index (χ2n) is 9.69. The molecule has 0 fully saturated rings. The van der Waals surface area contributed by atoms with E-state index in [2.05, 4.69) is 20.7 Å². The number of methoxy groups -OCH3 is 1. The van der Waals surface area contributed by atoms with Crippen molar-refractivity contribution in [2.75, 3.05) is 36.5 Å². The zero-order chi connectivity index (χ0) is 30.2. The van der Waals surface area contributed by atoms with E-state index in [-0.39, 0.29) is 23.9 Å². The van der Waals surface area contributed by atoms with Gasteiger partial charge in [0.05, 0.1) is 25.2 Å². The Balaban J connectivity index is 1.83. The number of carbonyl (C=O) groups excluding carboxylic acids is 2. The number of hydrogen-bond acceptors (Lipinski definition) is 8. The van der Waals surface area contributed by atoms with Crippen molar-refractivity contribution >= 4 is 33.2 Å². The molecule has 41 heavy (non-hydrogen) atoms. The Labute approximate surface area is 240 Å². The minimum atomic E-state index is -3.66. The SMILES string of the molecule is CCCNC(=O)c1ccc(NC(=O)[C@@](C)(NC[C@H](O)c2ccc(O)c(NS(C)(=O)=O)c2)c2ccc(OC)cc2)cc1. The van der Waals surface area contributed by atoms with E-state index in [1.54, 1.807) is 55.5 Å². The standard InChI is InChI=1S/C29H36N4O7S/c1-5-16-30-27(36)19-6-11-22(12-7-19)32-28(37)29(2,21-9-13-23(40-3)14-10-21)31-18-26(35)20-8-15-25(34)24(17-20)33-41(4,38)39/h6-15,17,26,31,33-35H,5,16,18H2,1-4H3,(H,30,36)(H,32,37)/t26-,29-/m0/s1. The second-order valence-corrected chi connectivity index (χ2v) is 11.4. The summed E-state index contributed by atoms with van der Waals surface area (Å²) < 4.78 is 30.7. The zero-order valence-corrected chi connectivity index (χ0v) is 24.2. The van der Waals surface area contributed by atoms with E-state index in [0.717, 1.165) is 12.7 Å². The van der Waals surface area contributed by atoms with Crippen LogP contribution in [0.5, 0.6) is 11.5 Å². The molecule has 3 aromatic rings. The molecule has 3 aromatic carbocycles. The minimum Gasteiger partial charge on any atom is -0.506 e. The molecule has 2 atom stereocenters. The normalized spacial score (nSPS) is 13.5. The number of carbonyl (C=O) groups is 2. The summed E-state index contributed by atoms with van der Waals surface area (Å²) in [6.07, 6.45) is 0.601. The van der Waals surface area contributed by atoms with Crippen LogP contribution in [0.15, 0.2) is 66.7 Å². The average Bonchev–Trinajstić information content (AvgIpc) is 2.95. The first-order valence-corrected chi connectivity index (χ1v) is 14.8. The largest absolute Gasteiger partial charge is 0.506 e. The molecule has 6 N–H and O–H groups in total. The van der Waals surface area contributed by atoms with Gasteiger partial charge in [-0.25, -0.2) is 8.42 Å². The predicted molar refractivity (Wildman–Crippen MR) is 158 cm³/mol. The van der Waals surface area contributed by atoms with Crippen LogP contribution in [0.2, 0.25) is 0 Å². The fourth-order valence-corrected chi connectivity index (χ4v) is 4.56. The molecule has 0 aliphatic rings. The highest BCUT2D eigenvalue weighted by Gasteiger charge is 2.36. The van der Waals surface area contributed by atoms with E-state index in [1.165, 1.54) is 25.3 Å². The van der Waals surface area contributed by atoms with Crippen LogP contribution >= 0.6 is 0 Å². The van der Waals surface area contributed by atoms with Crippen LogP contribution in [-0.2, 0) is 20.4 Å². The van der Waals surface area contributed by atoms with Crippen molar-refractivity contribution < 1.29 is 33.0 Å². The Morgan fingerprint density at radius 1 is 1.02 bits per heavy atom. The van der Waals surface area contributed by atoms with Gasteiger partial charge in [-0.05, 0) is 73.0 Å². The number of anilines is 2. The average molecular weight is 585 g/mol. The Kier molecular flexibility index (Phi) is 10.3. The topological polar surface area (TPSA) is 166 Å². The Morgan fingerprint density at radius 2 is 1.68 bits per heavy atom. The third-order valence-corrected chi connectivity index (χ3v) is 7.00. The first kappa shape index (κ1) is 31.4. The van der Waals surface area contributed by atoms with E-state index in [9.17, 15) is 28.2 Å². The number of phenolic OH excluding ortho intramolecular Hbond substituents is 1. The van der Waals surface area contributed by atoms with Gasteiger partial charge in [0.25, 0.3) is 5.91 Å². The van der Waals surface area contributed by atoms with Crippen molar-refractivity contribution in [3.63, 3.8) is 0 Å². The van der Waals surface area contributed by atoms with Gasteiger partial charge in [0.1, 0.15) is 17.0 Å².